The zero-order chi connectivity index (χ0) is 7.65. The van der Waals surface area contributed by atoms with E-state index >= 15 is 0 Å². The van der Waals surface area contributed by atoms with Gasteiger partial charge in [-0.15, -0.1) is 0 Å². The van der Waals surface area contributed by atoms with Crippen molar-refractivity contribution in [3.8, 4) is 0 Å². The minimum absolute atomic E-state index is 0.0370. The van der Waals surface area contributed by atoms with Crippen molar-refractivity contribution in [1.82, 2.24) is 0 Å². The van der Waals surface area contributed by atoms with E-state index < -0.39 is 4.32 Å². The molecular formula is C5H7Br2ClO. The highest BCUT2D eigenvalue weighted by Gasteiger charge is 2.32. The van der Waals surface area contributed by atoms with Gasteiger partial charge in [-0.25, -0.2) is 0 Å². The smallest absolute Gasteiger partial charge is 0.239 e. The third kappa shape index (κ3) is 2.56. The Morgan fingerprint density at radius 1 is 1.78 bits per heavy atom. The number of carbonyl (C=O) groups is 1. The summed E-state index contributed by atoms with van der Waals surface area (Å²) < 4.78 is -0.644. The summed E-state index contributed by atoms with van der Waals surface area (Å²) >= 11 is 11.7. The van der Waals surface area contributed by atoms with Gasteiger partial charge in [-0.1, -0.05) is 38.8 Å². The lowest BCUT2D eigenvalue weighted by atomic mass is 10.1. The summed E-state index contributed by atoms with van der Waals surface area (Å²) in [6, 6.07) is 0. The van der Waals surface area contributed by atoms with E-state index in [-0.39, 0.29) is 10.1 Å². The van der Waals surface area contributed by atoms with Gasteiger partial charge < -0.3 is 0 Å². The zero-order valence-electron chi connectivity index (χ0n) is 5.12. The van der Waals surface area contributed by atoms with Crippen LogP contribution in [0.2, 0.25) is 0 Å². The fraction of sp³-hybridized carbons (Fsp3) is 0.800. The molecule has 2 atom stereocenters. The molecule has 0 saturated carbocycles. The number of hydrogen-bond donors (Lipinski definition) is 0. The zero-order valence-corrected chi connectivity index (χ0v) is 9.05. The molecule has 4 heteroatoms. The molecule has 2 unspecified atom stereocenters. The topological polar surface area (TPSA) is 17.1 Å². The standard InChI is InChI=1S/C5H7Br2ClO/c1-3(6)5(2,7)4(8)9/h3H,1-2H3. The molecule has 54 valence electrons. The number of carbonyl (C=O) groups excluding carboxylic acids is 1. The Bertz CT molecular complexity index is 122. The fourth-order valence-corrected chi connectivity index (χ4v) is 0.660. The van der Waals surface area contributed by atoms with Crippen LogP contribution in [0.25, 0.3) is 0 Å². The van der Waals surface area contributed by atoms with Gasteiger partial charge in [0.25, 0.3) is 0 Å². The van der Waals surface area contributed by atoms with E-state index in [1.807, 2.05) is 6.92 Å². The molecule has 0 aliphatic carbocycles. The molecule has 0 aromatic heterocycles. The Hall–Kier alpha value is 0.920. The highest BCUT2D eigenvalue weighted by Crippen LogP contribution is 2.29. The molecule has 0 heterocycles. The highest BCUT2D eigenvalue weighted by atomic mass is 79.9. The van der Waals surface area contributed by atoms with Gasteiger partial charge in [0, 0.05) is 4.83 Å². The molecule has 0 aliphatic heterocycles. The molecule has 0 bridgehead atoms. The van der Waals surface area contributed by atoms with E-state index in [0.29, 0.717) is 0 Å². The van der Waals surface area contributed by atoms with Crippen LogP contribution in [0.4, 0.5) is 0 Å². The van der Waals surface area contributed by atoms with Crippen molar-refractivity contribution in [3.63, 3.8) is 0 Å². The summed E-state index contributed by atoms with van der Waals surface area (Å²) in [6.07, 6.45) is 0. The van der Waals surface area contributed by atoms with E-state index in [4.69, 9.17) is 11.6 Å². The largest absolute Gasteiger partial charge is 0.280 e. The number of hydrogen-bond acceptors (Lipinski definition) is 1. The van der Waals surface area contributed by atoms with E-state index in [2.05, 4.69) is 31.9 Å². The molecule has 0 N–H and O–H groups in total. The molecule has 0 radical (unpaired) electrons. The van der Waals surface area contributed by atoms with Crippen molar-refractivity contribution < 1.29 is 4.79 Å². The van der Waals surface area contributed by atoms with Gasteiger partial charge in [-0.3, -0.25) is 4.79 Å². The Morgan fingerprint density at radius 3 is 2.11 bits per heavy atom. The Morgan fingerprint density at radius 2 is 2.11 bits per heavy atom. The first-order valence-corrected chi connectivity index (χ1v) is 4.50. The second-order valence-electron chi connectivity index (χ2n) is 1.97. The van der Waals surface area contributed by atoms with Gasteiger partial charge in [0.05, 0.1) is 0 Å². The lowest BCUT2D eigenvalue weighted by Crippen LogP contribution is -2.32. The summed E-state index contributed by atoms with van der Waals surface area (Å²) in [5.74, 6) is 0. The van der Waals surface area contributed by atoms with E-state index in [1.54, 1.807) is 6.92 Å². The lowest BCUT2D eigenvalue weighted by Gasteiger charge is -2.19. The minimum atomic E-state index is -0.644. The molecule has 0 amide bonds. The average molecular weight is 278 g/mol. The molecule has 0 aromatic rings. The van der Waals surface area contributed by atoms with Crippen molar-refractivity contribution in [2.75, 3.05) is 0 Å². The fourth-order valence-electron chi connectivity index (χ4n) is 0.156. The van der Waals surface area contributed by atoms with E-state index in [9.17, 15) is 4.79 Å². The first kappa shape index (κ1) is 9.92. The van der Waals surface area contributed by atoms with Gasteiger partial charge in [0.2, 0.25) is 5.24 Å². The third-order valence-corrected chi connectivity index (χ3v) is 4.33. The number of alkyl halides is 2. The van der Waals surface area contributed by atoms with Crippen LogP contribution in [0.1, 0.15) is 13.8 Å². The van der Waals surface area contributed by atoms with Gasteiger partial charge in [0.1, 0.15) is 4.32 Å². The lowest BCUT2D eigenvalue weighted by molar-refractivity contribution is -0.113. The average Bonchev–Trinajstić information content (AvgIpc) is 1.65. The van der Waals surface area contributed by atoms with Gasteiger partial charge in [-0.05, 0) is 18.5 Å². The maximum absolute atomic E-state index is 10.6. The summed E-state index contributed by atoms with van der Waals surface area (Å²) in [5.41, 5.74) is 0. The highest BCUT2D eigenvalue weighted by molar-refractivity contribution is 9.12. The van der Waals surface area contributed by atoms with E-state index in [1.165, 1.54) is 0 Å². The maximum atomic E-state index is 10.6. The predicted octanol–water partition coefficient (Wildman–Crippen LogP) is 2.69. The van der Waals surface area contributed by atoms with Crippen molar-refractivity contribution >= 4 is 48.7 Å². The van der Waals surface area contributed by atoms with Crippen LogP contribution >= 0.6 is 43.5 Å². The Labute approximate surface area is 76.4 Å². The summed E-state index contributed by atoms with van der Waals surface area (Å²) in [7, 11) is 0. The third-order valence-electron chi connectivity index (χ3n) is 1.13. The van der Waals surface area contributed by atoms with Crippen LogP contribution in [0.5, 0.6) is 0 Å². The quantitative estimate of drug-likeness (QED) is 0.560. The number of rotatable bonds is 2. The molecule has 9 heavy (non-hydrogen) atoms. The van der Waals surface area contributed by atoms with Crippen LogP contribution in [0.15, 0.2) is 0 Å². The van der Waals surface area contributed by atoms with E-state index in [0.717, 1.165) is 0 Å². The molecule has 0 saturated heterocycles. The van der Waals surface area contributed by atoms with Crippen LogP contribution in [-0.4, -0.2) is 14.4 Å². The molecule has 0 aromatic carbocycles. The van der Waals surface area contributed by atoms with Crippen LogP contribution in [-0.2, 0) is 4.79 Å². The van der Waals surface area contributed by atoms with Crippen LogP contribution < -0.4 is 0 Å². The monoisotopic (exact) mass is 276 g/mol. The molecule has 0 aliphatic rings. The molecule has 1 nitrogen and oxygen atoms in total. The minimum Gasteiger partial charge on any atom is -0.280 e. The van der Waals surface area contributed by atoms with Gasteiger partial charge >= 0.3 is 0 Å². The number of halogens is 3. The van der Waals surface area contributed by atoms with Gasteiger partial charge in [0.15, 0.2) is 0 Å². The van der Waals surface area contributed by atoms with Crippen LogP contribution in [0, 0.1) is 0 Å². The van der Waals surface area contributed by atoms with Crippen LogP contribution in [0.3, 0.4) is 0 Å². The van der Waals surface area contributed by atoms with Crippen molar-refractivity contribution in [2.45, 2.75) is 23.0 Å². The first-order chi connectivity index (χ1) is 3.89. The summed E-state index contributed by atoms with van der Waals surface area (Å²) in [4.78, 5) is 10.6. The second-order valence-corrected chi connectivity index (χ2v) is 5.33. The molecule has 0 spiro atoms. The van der Waals surface area contributed by atoms with Gasteiger partial charge in [-0.2, -0.15) is 0 Å². The van der Waals surface area contributed by atoms with Crippen molar-refractivity contribution in [2.24, 2.45) is 0 Å². The summed E-state index contributed by atoms with van der Waals surface area (Å²) in [5, 5.41) is -0.383. The molecular weight excluding hydrogens is 271 g/mol. The normalized spacial score (nSPS) is 20.6. The van der Waals surface area contributed by atoms with Crippen molar-refractivity contribution in [1.29, 1.82) is 0 Å². The second kappa shape index (κ2) is 3.35. The molecule has 0 fully saturated rings. The maximum Gasteiger partial charge on any atom is 0.239 e. The Kier molecular flexibility index (Phi) is 3.69. The van der Waals surface area contributed by atoms with Crippen molar-refractivity contribution in [3.05, 3.63) is 0 Å². The predicted molar refractivity (Wildman–Crippen MR) is 46.6 cm³/mol. The first-order valence-electron chi connectivity index (χ1n) is 2.42. The molecule has 0 rings (SSSR count). The Balaban J connectivity index is 4.19. The summed E-state index contributed by atoms with van der Waals surface area (Å²) in [6.45, 7) is 3.58. The SMILES string of the molecule is CC(Br)C(C)(Br)C(=O)Cl.